The Morgan fingerprint density at radius 1 is 1.35 bits per heavy atom. The van der Waals surface area contributed by atoms with Gasteiger partial charge < -0.3 is 15.7 Å². The standard InChI is InChI=1S/C13H18N2O2/c16-12(8-10-4-2-1-3-5-10)9-14-13(17)15-11-6-7-11/h1-5,11-12,16H,6-9H2,(H2,14,15,17). The van der Waals surface area contributed by atoms with E-state index in [1.165, 1.54) is 0 Å². The van der Waals surface area contributed by atoms with Gasteiger partial charge in [0.15, 0.2) is 0 Å². The van der Waals surface area contributed by atoms with Crippen molar-refractivity contribution in [3.8, 4) is 0 Å². The largest absolute Gasteiger partial charge is 0.391 e. The fourth-order valence-electron chi connectivity index (χ4n) is 1.63. The molecule has 1 aliphatic carbocycles. The van der Waals surface area contributed by atoms with E-state index in [-0.39, 0.29) is 12.6 Å². The first-order chi connectivity index (χ1) is 8.24. The van der Waals surface area contributed by atoms with Gasteiger partial charge in [0, 0.05) is 19.0 Å². The summed E-state index contributed by atoms with van der Waals surface area (Å²) < 4.78 is 0. The van der Waals surface area contributed by atoms with Crippen LogP contribution in [0.15, 0.2) is 30.3 Å². The lowest BCUT2D eigenvalue weighted by Gasteiger charge is -2.12. The number of benzene rings is 1. The summed E-state index contributed by atoms with van der Waals surface area (Å²) in [6, 6.07) is 9.92. The summed E-state index contributed by atoms with van der Waals surface area (Å²) in [5, 5.41) is 15.2. The fourth-order valence-corrected chi connectivity index (χ4v) is 1.63. The lowest BCUT2D eigenvalue weighted by atomic mass is 10.1. The van der Waals surface area contributed by atoms with Gasteiger partial charge in [0.2, 0.25) is 0 Å². The second-order valence-corrected chi connectivity index (χ2v) is 4.47. The maximum Gasteiger partial charge on any atom is 0.315 e. The van der Waals surface area contributed by atoms with Gasteiger partial charge in [-0.05, 0) is 18.4 Å². The number of amides is 2. The summed E-state index contributed by atoms with van der Waals surface area (Å²) in [6.07, 6.45) is 2.16. The molecule has 17 heavy (non-hydrogen) atoms. The smallest absolute Gasteiger partial charge is 0.315 e. The Hall–Kier alpha value is -1.55. The number of rotatable bonds is 5. The zero-order chi connectivity index (χ0) is 12.1. The third-order valence-corrected chi connectivity index (χ3v) is 2.72. The van der Waals surface area contributed by atoms with Gasteiger partial charge in [0.1, 0.15) is 0 Å². The Morgan fingerprint density at radius 3 is 2.71 bits per heavy atom. The number of carbonyl (C=O) groups is 1. The van der Waals surface area contributed by atoms with Crippen LogP contribution < -0.4 is 10.6 Å². The number of hydrogen-bond donors (Lipinski definition) is 3. The van der Waals surface area contributed by atoms with Gasteiger partial charge in [-0.25, -0.2) is 4.79 Å². The van der Waals surface area contributed by atoms with Crippen molar-refractivity contribution in [1.29, 1.82) is 0 Å². The van der Waals surface area contributed by atoms with Gasteiger partial charge in [-0.15, -0.1) is 0 Å². The van der Waals surface area contributed by atoms with E-state index in [0.717, 1.165) is 18.4 Å². The number of carbonyl (C=O) groups excluding carboxylic acids is 1. The van der Waals surface area contributed by atoms with Crippen molar-refractivity contribution in [2.75, 3.05) is 6.54 Å². The SMILES string of the molecule is O=C(NCC(O)Cc1ccccc1)NC1CC1. The fraction of sp³-hybridized carbons (Fsp3) is 0.462. The molecule has 1 fully saturated rings. The van der Waals surface area contributed by atoms with E-state index in [2.05, 4.69) is 10.6 Å². The molecule has 0 spiro atoms. The number of nitrogens with one attached hydrogen (secondary N) is 2. The molecule has 1 saturated carbocycles. The van der Waals surface area contributed by atoms with Crippen molar-refractivity contribution < 1.29 is 9.90 Å². The molecule has 0 aromatic heterocycles. The van der Waals surface area contributed by atoms with Crippen molar-refractivity contribution in [3.63, 3.8) is 0 Å². The Morgan fingerprint density at radius 2 is 2.06 bits per heavy atom. The van der Waals surface area contributed by atoms with Crippen molar-refractivity contribution in [1.82, 2.24) is 10.6 Å². The first-order valence-corrected chi connectivity index (χ1v) is 6.00. The zero-order valence-electron chi connectivity index (χ0n) is 9.73. The Labute approximate surface area is 101 Å². The molecule has 1 atom stereocenters. The highest BCUT2D eigenvalue weighted by atomic mass is 16.3. The molecule has 3 N–H and O–H groups in total. The maximum atomic E-state index is 11.3. The van der Waals surface area contributed by atoms with Gasteiger partial charge >= 0.3 is 6.03 Å². The van der Waals surface area contributed by atoms with Crippen LogP contribution in [-0.2, 0) is 6.42 Å². The van der Waals surface area contributed by atoms with E-state index in [1.54, 1.807) is 0 Å². The van der Waals surface area contributed by atoms with Gasteiger partial charge in [-0.2, -0.15) is 0 Å². The highest BCUT2D eigenvalue weighted by Gasteiger charge is 2.23. The lowest BCUT2D eigenvalue weighted by molar-refractivity contribution is 0.170. The van der Waals surface area contributed by atoms with Crippen LogP contribution in [0.2, 0.25) is 0 Å². The highest BCUT2D eigenvalue weighted by molar-refractivity contribution is 5.74. The predicted molar refractivity (Wildman–Crippen MR) is 65.7 cm³/mol. The van der Waals surface area contributed by atoms with Gasteiger partial charge in [0.05, 0.1) is 6.10 Å². The minimum Gasteiger partial charge on any atom is -0.391 e. The van der Waals surface area contributed by atoms with E-state index >= 15 is 0 Å². The summed E-state index contributed by atoms with van der Waals surface area (Å²) in [5.41, 5.74) is 1.07. The Bertz CT molecular complexity index is 363. The van der Waals surface area contributed by atoms with Crippen LogP contribution in [0.5, 0.6) is 0 Å². The van der Waals surface area contributed by atoms with Crippen molar-refractivity contribution in [3.05, 3.63) is 35.9 Å². The molecule has 1 unspecified atom stereocenters. The second kappa shape index (κ2) is 5.68. The van der Waals surface area contributed by atoms with E-state index < -0.39 is 6.10 Å². The normalized spacial score (nSPS) is 16.3. The molecule has 4 heteroatoms. The number of hydrogen-bond acceptors (Lipinski definition) is 2. The molecule has 2 amide bonds. The van der Waals surface area contributed by atoms with Crippen LogP contribution in [0.1, 0.15) is 18.4 Å². The van der Waals surface area contributed by atoms with Gasteiger partial charge in [-0.1, -0.05) is 30.3 Å². The minimum atomic E-state index is -0.539. The molecule has 4 nitrogen and oxygen atoms in total. The first kappa shape index (κ1) is 11.9. The summed E-state index contributed by atoms with van der Waals surface area (Å²) >= 11 is 0. The molecule has 0 radical (unpaired) electrons. The summed E-state index contributed by atoms with van der Waals surface area (Å²) in [4.78, 5) is 11.3. The van der Waals surface area contributed by atoms with Crippen molar-refractivity contribution in [2.45, 2.75) is 31.4 Å². The quantitative estimate of drug-likeness (QED) is 0.713. The van der Waals surface area contributed by atoms with Gasteiger partial charge in [0.25, 0.3) is 0 Å². The molecule has 2 rings (SSSR count). The second-order valence-electron chi connectivity index (χ2n) is 4.47. The van der Waals surface area contributed by atoms with Crippen LogP contribution in [0.4, 0.5) is 4.79 Å². The molecular formula is C13H18N2O2. The van der Waals surface area contributed by atoms with Crippen LogP contribution in [0, 0.1) is 0 Å². The molecule has 0 bridgehead atoms. The average molecular weight is 234 g/mol. The van der Waals surface area contributed by atoms with Crippen LogP contribution in [-0.4, -0.2) is 29.8 Å². The number of aliphatic hydroxyl groups is 1. The molecule has 1 aromatic carbocycles. The molecule has 92 valence electrons. The topological polar surface area (TPSA) is 61.4 Å². The molecule has 1 aromatic rings. The zero-order valence-corrected chi connectivity index (χ0v) is 9.73. The third-order valence-electron chi connectivity index (χ3n) is 2.72. The Balaban J connectivity index is 1.66. The van der Waals surface area contributed by atoms with E-state index in [4.69, 9.17) is 0 Å². The van der Waals surface area contributed by atoms with Crippen LogP contribution in [0.25, 0.3) is 0 Å². The van der Waals surface area contributed by atoms with Crippen molar-refractivity contribution >= 4 is 6.03 Å². The van der Waals surface area contributed by atoms with E-state index in [9.17, 15) is 9.90 Å². The van der Waals surface area contributed by atoms with E-state index in [1.807, 2.05) is 30.3 Å². The minimum absolute atomic E-state index is 0.181. The Kier molecular flexibility index (Phi) is 3.98. The first-order valence-electron chi connectivity index (χ1n) is 6.00. The van der Waals surface area contributed by atoms with Crippen molar-refractivity contribution in [2.24, 2.45) is 0 Å². The predicted octanol–water partition coefficient (Wildman–Crippen LogP) is 1.05. The molecule has 1 aliphatic rings. The summed E-state index contributed by atoms with van der Waals surface area (Å²) in [7, 11) is 0. The highest BCUT2D eigenvalue weighted by Crippen LogP contribution is 2.18. The lowest BCUT2D eigenvalue weighted by Crippen LogP contribution is -2.41. The third kappa shape index (κ3) is 4.44. The molecule has 0 heterocycles. The molecular weight excluding hydrogens is 216 g/mol. The van der Waals surface area contributed by atoms with Gasteiger partial charge in [-0.3, -0.25) is 0 Å². The number of urea groups is 1. The summed E-state index contributed by atoms with van der Waals surface area (Å²) in [6.45, 7) is 0.285. The molecule has 0 saturated heterocycles. The van der Waals surface area contributed by atoms with E-state index in [0.29, 0.717) is 12.5 Å². The maximum absolute atomic E-state index is 11.3. The molecule has 0 aliphatic heterocycles. The summed E-state index contributed by atoms with van der Waals surface area (Å²) in [5.74, 6) is 0. The monoisotopic (exact) mass is 234 g/mol. The van der Waals surface area contributed by atoms with Crippen LogP contribution in [0.3, 0.4) is 0 Å². The van der Waals surface area contributed by atoms with Crippen LogP contribution >= 0.6 is 0 Å². The average Bonchev–Trinajstić information content (AvgIpc) is 3.12. The number of aliphatic hydroxyl groups excluding tert-OH is 1.